The first-order chi connectivity index (χ1) is 8.22. The van der Waals surface area contributed by atoms with Crippen LogP contribution in [0.4, 0.5) is 5.82 Å². The summed E-state index contributed by atoms with van der Waals surface area (Å²) in [6, 6.07) is 1.76. The minimum absolute atomic E-state index is 0.0609. The number of ether oxygens (including phenoxy) is 1. The van der Waals surface area contributed by atoms with Crippen LogP contribution in [-0.4, -0.2) is 34.2 Å². The lowest BCUT2D eigenvalue weighted by molar-refractivity contribution is -0.114. The molecule has 1 aromatic rings. The number of nitrogens with zero attached hydrogens (tertiary/aromatic N) is 2. The maximum absolute atomic E-state index is 10.7. The summed E-state index contributed by atoms with van der Waals surface area (Å²) in [5, 5.41) is 11.1. The molecule has 0 atom stereocenters. The SMILES string of the molecule is CC.CC(=O)Nc1ccnc(OCCCO)n1. The van der Waals surface area contributed by atoms with Gasteiger partial charge < -0.3 is 15.2 Å². The number of aromatic nitrogens is 2. The summed E-state index contributed by atoms with van der Waals surface area (Å²) in [4.78, 5) is 18.5. The first-order valence-corrected chi connectivity index (χ1v) is 5.56. The molecular formula is C11H19N3O3. The average Bonchev–Trinajstić information content (AvgIpc) is 2.32. The number of aliphatic hydroxyl groups excluding tert-OH is 1. The third-order valence-corrected chi connectivity index (χ3v) is 1.47. The summed E-state index contributed by atoms with van der Waals surface area (Å²) in [5.41, 5.74) is 0. The molecule has 0 saturated carbocycles. The van der Waals surface area contributed by atoms with E-state index in [-0.39, 0.29) is 18.5 Å². The van der Waals surface area contributed by atoms with Gasteiger partial charge in [0.2, 0.25) is 5.91 Å². The Morgan fingerprint density at radius 2 is 2.24 bits per heavy atom. The summed E-state index contributed by atoms with van der Waals surface area (Å²) in [6.45, 7) is 5.81. The van der Waals surface area contributed by atoms with E-state index in [1.54, 1.807) is 6.07 Å². The van der Waals surface area contributed by atoms with Gasteiger partial charge in [-0.3, -0.25) is 4.79 Å². The molecule has 0 bridgehead atoms. The van der Waals surface area contributed by atoms with Crippen LogP contribution in [0.1, 0.15) is 27.2 Å². The smallest absolute Gasteiger partial charge is 0.318 e. The fourth-order valence-corrected chi connectivity index (χ4v) is 0.888. The van der Waals surface area contributed by atoms with Gasteiger partial charge in [0.25, 0.3) is 0 Å². The lowest BCUT2D eigenvalue weighted by atomic mass is 10.5. The van der Waals surface area contributed by atoms with Crippen LogP contribution in [0.15, 0.2) is 12.3 Å². The standard InChI is InChI=1S/C9H13N3O3.C2H6/c1-7(14)11-8-3-4-10-9(12-8)15-6-2-5-13;1-2/h3-4,13H,2,5-6H2,1H3,(H,10,11,12,14);1-2H3. The Hall–Kier alpha value is -1.69. The largest absolute Gasteiger partial charge is 0.463 e. The lowest BCUT2D eigenvalue weighted by Crippen LogP contribution is -2.09. The molecule has 0 aliphatic rings. The third kappa shape index (κ3) is 7.24. The Morgan fingerprint density at radius 1 is 1.53 bits per heavy atom. The number of anilines is 1. The average molecular weight is 241 g/mol. The molecule has 0 aliphatic carbocycles. The normalized spacial score (nSPS) is 8.94. The maximum Gasteiger partial charge on any atom is 0.318 e. The first kappa shape index (κ1) is 15.3. The molecule has 1 amide bonds. The number of hydrogen-bond donors (Lipinski definition) is 2. The van der Waals surface area contributed by atoms with Gasteiger partial charge in [-0.25, -0.2) is 4.98 Å². The zero-order valence-corrected chi connectivity index (χ0v) is 10.4. The molecular weight excluding hydrogens is 222 g/mol. The first-order valence-electron chi connectivity index (χ1n) is 5.56. The van der Waals surface area contributed by atoms with Crippen LogP contribution in [0.5, 0.6) is 6.01 Å². The van der Waals surface area contributed by atoms with Crippen molar-refractivity contribution in [3.8, 4) is 6.01 Å². The van der Waals surface area contributed by atoms with E-state index in [9.17, 15) is 4.79 Å². The molecule has 1 aromatic heterocycles. The van der Waals surface area contributed by atoms with Crippen LogP contribution in [0.2, 0.25) is 0 Å². The predicted molar refractivity (Wildman–Crippen MR) is 64.9 cm³/mol. The Morgan fingerprint density at radius 3 is 2.82 bits per heavy atom. The summed E-state index contributed by atoms with van der Waals surface area (Å²) in [7, 11) is 0. The van der Waals surface area contributed by atoms with Crippen molar-refractivity contribution in [3.05, 3.63) is 12.3 Å². The number of nitrogens with one attached hydrogen (secondary N) is 1. The van der Waals surface area contributed by atoms with Crippen LogP contribution < -0.4 is 10.1 Å². The van der Waals surface area contributed by atoms with Crippen LogP contribution in [-0.2, 0) is 4.79 Å². The number of carbonyl (C=O) groups excluding carboxylic acids is 1. The van der Waals surface area contributed by atoms with Crippen molar-refractivity contribution < 1.29 is 14.6 Å². The van der Waals surface area contributed by atoms with Crippen LogP contribution in [0.25, 0.3) is 0 Å². The number of rotatable bonds is 5. The second-order valence-electron chi connectivity index (χ2n) is 2.83. The van der Waals surface area contributed by atoms with Crippen molar-refractivity contribution in [1.29, 1.82) is 0 Å². The second-order valence-corrected chi connectivity index (χ2v) is 2.83. The number of amides is 1. The minimum Gasteiger partial charge on any atom is -0.463 e. The number of carbonyl (C=O) groups is 1. The van der Waals surface area contributed by atoms with Crippen molar-refractivity contribution in [3.63, 3.8) is 0 Å². The summed E-state index contributed by atoms with van der Waals surface area (Å²) in [6.07, 6.45) is 2.01. The maximum atomic E-state index is 10.7. The molecule has 0 fully saturated rings. The highest BCUT2D eigenvalue weighted by atomic mass is 16.5. The highest BCUT2D eigenvalue weighted by Crippen LogP contribution is 2.07. The lowest BCUT2D eigenvalue weighted by Gasteiger charge is -2.04. The molecule has 0 aliphatic heterocycles. The zero-order valence-electron chi connectivity index (χ0n) is 10.4. The Bertz CT molecular complexity index is 331. The zero-order chi connectivity index (χ0) is 13.1. The van der Waals surface area contributed by atoms with Gasteiger partial charge in [0, 0.05) is 26.1 Å². The van der Waals surface area contributed by atoms with Gasteiger partial charge in [-0.15, -0.1) is 0 Å². The fraction of sp³-hybridized carbons (Fsp3) is 0.545. The van der Waals surface area contributed by atoms with E-state index in [0.29, 0.717) is 18.8 Å². The highest BCUT2D eigenvalue weighted by molar-refractivity contribution is 5.87. The molecule has 17 heavy (non-hydrogen) atoms. The van der Waals surface area contributed by atoms with Gasteiger partial charge >= 0.3 is 6.01 Å². The van der Waals surface area contributed by atoms with Crippen molar-refractivity contribution in [1.82, 2.24) is 9.97 Å². The van der Waals surface area contributed by atoms with Crippen molar-refractivity contribution in [2.24, 2.45) is 0 Å². The molecule has 6 nitrogen and oxygen atoms in total. The van der Waals surface area contributed by atoms with E-state index in [1.165, 1.54) is 13.1 Å². The van der Waals surface area contributed by atoms with Crippen LogP contribution in [0.3, 0.4) is 0 Å². The third-order valence-electron chi connectivity index (χ3n) is 1.47. The second kappa shape index (κ2) is 9.53. The minimum atomic E-state index is -0.199. The fourth-order valence-electron chi connectivity index (χ4n) is 0.888. The molecule has 2 N–H and O–H groups in total. The van der Waals surface area contributed by atoms with Gasteiger partial charge in [-0.05, 0) is 6.07 Å². The van der Waals surface area contributed by atoms with Gasteiger partial charge in [0.1, 0.15) is 5.82 Å². The topological polar surface area (TPSA) is 84.3 Å². The highest BCUT2D eigenvalue weighted by Gasteiger charge is 2.01. The van der Waals surface area contributed by atoms with Gasteiger partial charge in [-0.1, -0.05) is 13.8 Å². The van der Waals surface area contributed by atoms with Crippen molar-refractivity contribution in [2.75, 3.05) is 18.5 Å². The summed E-state index contributed by atoms with van der Waals surface area (Å²) < 4.78 is 5.14. The van der Waals surface area contributed by atoms with E-state index in [4.69, 9.17) is 9.84 Å². The van der Waals surface area contributed by atoms with Crippen molar-refractivity contribution >= 4 is 11.7 Å². The summed E-state index contributed by atoms with van der Waals surface area (Å²) in [5.74, 6) is 0.200. The molecule has 0 radical (unpaired) electrons. The van der Waals surface area contributed by atoms with E-state index >= 15 is 0 Å². The quantitative estimate of drug-likeness (QED) is 0.757. The van der Waals surface area contributed by atoms with Crippen LogP contribution >= 0.6 is 0 Å². The molecule has 6 heteroatoms. The molecule has 1 rings (SSSR count). The molecule has 0 unspecified atom stereocenters. The molecule has 1 heterocycles. The Balaban J connectivity index is 0.00000121. The summed E-state index contributed by atoms with van der Waals surface area (Å²) >= 11 is 0. The Kier molecular flexibility index (Phi) is 8.58. The van der Waals surface area contributed by atoms with E-state index in [1.807, 2.05) is 13.8 Å². The predicted octanol–water partition coefficient (Wildman–Crippen LogP) is 1.22. The molecule has 96 valence electrons. The number of aliphatic hydroxyl groups is 1. The van der Waals surface area contributed by atoms with Gasteiger partial charge in [-0.2, -0.15) is 4.98 Å². The monoisotopic (exact) mass is 241 g/mol. The van der Waals surface area contributed by atoms with E-state index in [0.717, 1.165) is 0 Å². The van der Waals surface area contributed by atoms with E-state index < -0.39 is 0 Å². The van der Waals surface area contributed by atoms with Crippen LogP contribution in [0, 0.1) is 0 Å². The molecule has 0 aromatic carbocycles. The van der Waals surface area contributed by atoms with Gasteiger partial charge in [0.05, 0.1) is 6.61 Å². The van der Waals surface area contributed by atoms with Crippen molar-refractivity contribution in [2.45, 2.75) is 27.2 Å². The Labute approximate surface area is 101 Å². The van der Waals surface area contributed by atoms with Gasteiger partial charge in [0.15, 0.2) is 0 Å². The molecule has 0 saturated heterocycles. The number of hydrogen-bond acceptors (Lipinski definition) is 5. The van der Waals surface area contributed by atoms with E-state index in [2.05, 4.69) is 15.3 Å². The molecule has 0 spiro atoms.